The van der Waals surface area contributed by atoms with Crippen molar-refractivity contribution in [1.82, 2.24) is 5.32 Å². The van der Waals surface area contributed by atoms with Crippen LogP contribution in [0.25, 0.3) is 0 Å². The highest BCUT2D eigenvalue weighted by molar-refractivity contribution is 5.76. The average Bonchev–Trinajstić information content (AvgIpc) is 2.66. The second kappa shape index (κ2) is 10.5. The molecule has 4 nitrogen and oxygen atoms in total. The van der Waals surface area contributed by atoms with Gasteiger partial charge in [0, 0.05) is 19.6 Å². The molecule has 0 atom stereocenters. The zero-order valence-electron chi connectivity index (χ0n) is 15.1. The average molecular weight is 341 g/mol. The smallest absolute Gasteiger partial charge is 0.220 e. The van der Waals surface area contributed by atoms with Gasteiger partial charge in [-0.1, -0.05) is 43.3 Å². The Morgan fingerprint density at radius 2 is 1.76 bits per heavy atom. The molecule has 25 heavy (non-hydrogen) atoms. The molecule has 134 valence electrons. The number of nitrogens with one attached hydrogen (secondary N) is 1. The highest BCUT2D eigenvalue weighted by Crippen LogP contribution is 2.13. The maximum absolute atomic E-state index is 12.1. The summed E-state index contributed by atoms with van der Waals surface area (Å²) in [4.78, 5) is 12.1. The van der Waals surface area contributed by atoms with Crippen molar-refractivity contribution in [2.24, 2.45) is 0 Å². The third-order valence-electron chi connectivity index (χ3n) is 4.00. The molecular formula is C21H27NO3. The summed E-state index contributed by atoms with van der Waals surface area (Å²) in [7, 11) is 1.65. The third-order valence-corrected chi connectivity index (χ3v) is 4.00. The Hall–Kier alpha value is -2.33. The molecule has 0 heterocycles. The van der Waals surface area contributed by atoms with E-state index < -0.39 is 0 Å². The zero-order chi connectivity index (χ0) is 17.9. The van der Waals surface area contributed by atoms with E-state index in [1.165, 1.54) is 0 Å². The van der Waals surface area contributed by atoms with Crippen molar-refractivity contribution in [2.45, 2.75) is 39.3 Å². The molecule has 0 unspecified atom stereocenters. The Kier molecular flexibility index (Phi) is 7.99. The molecule has 0 aliphatic heterocycles. The number of carbonyl (C=O) groups excluding carboxylic acids is 1. The van der Waals surface area contributed by atoms with Crippen LogP contribution in [-0.4, -0.2) is 19.6 Å². The lowest BCUT2D eigenvalue weighted by molar-refractivity contribution is -0.121. The normalized spacial score (nSPS) is 10.5. The minimum atomic E-state index is 0.0556. The summed E-state index contributed by atoms with van der Waals surface area (Å²) in [5, 5.41) is 3.00. The maximum atomic E-state index is 12.1. The number of benzene rings is 2. The number of carbonyl (C=O) groups is 1. The lowest BCUT2D eigenvalue weighted by atomic mass is 10.1. The Labute approximate surface area is 150 Å². The summed E-state index contributed by atoms with van der Waals surface area (Å²) in [6.07, 6.45) is 2.20. The van der Waals surface area contributed by atoms with Gasteiger partial charge in [0.05, 0.1) is 13.7 Å². The summed E-state index contributed by atoms with van der Waals surface area (Å²) < 4.78 is 10.8. The Morgan fingerprint density at radius 1 is 1.04 bits per heavy atom. The summed E-state index contributed by atoms with van der Waals surface area (Å²) in [5.41, 5.74) is 3.37. The van der Waals surface area contributed by atoms with Crippen LogP contribution >= 0.6 is 0 Å². The van der Waals surface area contributed by atoms with E-state index in [0.717, 1.165) is 41.9 Å². The number of aryl methyl sites for hydroxylation is 1. The fourth-order valence-electron chi connectivity index (χ4n) is 2.53. The Bertz CT molecular complexity index is 652. The Balaban J connectivity index is 1.79. The maximum Gasteiger partial charge on any atom is 0.220 e. The first-order valence-electron chi connectivity index (χ1n) is 8.77. The SMILES string of the molecule is CCCOCc1ccccc1CNC(=O)CCc1ccc(OC)cc1. The summed E-state index contributed by atoms with van der Waals surface area (Å²) in [6, 6.07) is 15.9. The molecule has 1 N–H and O–H groups in total. The van der Waals surface area contributed by atoms with E-state index in [1.807, 2.05) is 42.5 Å². The highest BCUT2D eigenvalue weighted by Gasteiger charge is 2.06. The number of amides is 1. The van der Waals surface area contributed by atoms with Crippen LogP contribution in [0.15, 0.2) is 48.5 Å². The Morgan fingerprint density at radius 3 is 2.44 bits per heavy atom. The minimum Gasteiger partial charge on any atom is -0.497 e. The molecule has 0 aromatic heterocycles. The van der Waals surface area contributed by atoms with Gasteiger partial charge in [-0.2, -0.15) is 0 Å². The summed E-state index contributed by atoms with van der Waals surface area (Å²) in [5.74, 6) is 0.884. The summed E-state index contributed by atoms with van der Waals surface area (Å²) >= 11 is 0. The molecule has 2 aromatic rings. The fourth-order valence-corrected chi connectivity index (χ4v) is 2.53. The van der Waals surface area contributed by atoms with Gasteiger partial charge in [0.1, 0.15) is 5.75 Å². The number of ether oxygens (including phenoxy) is 2. The van der Waals surface area contributed by atoms with Gasteiger partial charge in [-0.25, -0.2) is 0 Å². The molecule has 4 heteroatoms. The predicted molar refractivity (Wildman–Crippen MR) is 99.6 cm³/mol. The third kappa shape index (κ3) is 6.59. The van der Waals surface area contributed by atoms with Crippen molar-refractivity contribution >= 4 is 5.91 Å². The van der Waals surface area contributed by atoms with E-state index >= 15 is 0 Å². The zero-order valence-corrected chi connectivity index (χ0v) is 15.1. The van der Waals surface area contributed by atoms with Crippen LogP contribution in [0.1, 0.15) is 36.5 Å². The number of methoxy groups -OCH3 is 1. The number of hydrogen-bond acceptors (Lipinski definition) is 3. The van der Waals surface area contributed by atoms with Gasteiger partial charge in [-0.05, 0) is 41.7 Å². The second-order valence-electron chi connectivity index (χ2n) is 5.95. The number of rotatable bonds is 10. The van der Waals surface area contributed by atoms with Gasteiger partial charge in [0.2, 0.25) is 5.91 Å². The van der Waals surface area contributed by atoms with E-state index in [0.29, 0.717) is 19.6 Å². The molecule has 1 amide bonds. The van der Waals surface area contributed by atoms with Gasteiger partial charge >= 0.3 is 0 Å². The van der Waals surface area contributed by atoms with Crippen molar-refractivity contribution in [2.75, 3.05) is 13.7 Å². The van der Waals surface area contributed by atoms with Crippen molar-refractivity contribution in [3.05, 3.63) is 65.2 Å². The molecule has 0 aliphatic carbocycles. The van der Waals surface area contributed by atoms with Crippen molar-refractivity contribution in [1.29, 1.82) is 0 Å². The van der Waals surface area contributed by atoms with Crippen LogP contribution in [-0.2, 0) is 29.1 Å². The first-order valence-corrected chi connectivity index (χ1v) is 8.77. The van der Waals surface area contributed by atoms with Crippen LogP contribution in [0.4, 0.5) is 0 Å². The highest BCUT2D eigenvalue weighted by atomic mass is 16.5. The van der Waals surface area contributed by atoms with Gasteiger partial charge < -0.3 is 14.8 Å². The molecule has 0 saturated heterocycles. The van der Waals surface area contributed by atoms with Crippen LogP contribution in [0.2, 0.25) is 0 Å². The fraction of sp³-hybridized carbons (Fsp3) is 0.381. The van der Waals surface area contributed by atoms with E-state index in [-0.39, 0.29) is 5.91 Å². The molecule has 0 spiro atoms. The van der Waals surface area contributed by atoms with Crippen LogP contribution in [0, 0.1) is 0 Å². The quantitative estimate of drug-likeness (QED) is 0.667. The minimum absolute atomic E-state index is 0.0556. The second-order valence-corrected chi connectivity index (χ2v) is 5.95. The molecule has 0 bridgehead atoms. The van der Waals surface area contributed by atoms with Gasteiger partial charge in [0.25, 0.3) is 0 Å². The molecule has 0 fully saturated rings. The molecule has 0 aliphatic rings. The molecule has 2 aromatic carbocycles. The topological polar surface area (TPSA) is 47.6 Å². The van der Waals surface area contributed by atoms with E-state index in [9.17, 15) is 4.79 Å². The lowest BCUT2D eigenvalue weighted by Gasteiger charge is -2.11. The first-order chi connectivity index (χ1) is 12.2. The molecule has 2 rings (SSSR count). The predicted octanol–water partition coefficient (Wildman–Crippen LogP) is 3.87. The first kappa shape index (κ1) is 19.0. The lowest BCUT2D eigenvalue weighted by Crippen LogP contribution is -2.23. The largest absolute Gasteiger partial charge is 0.497 e. The van der Waals surface area contributed by atoms with Gasteiger partial charge in [-0.3, -0.25) is 4.79 Å². The van der Waals surface area contributed by atoms with Crippen molar-refractivity contribution in [3.63, 3.8) is 0 Å². The van der Waals surface area contributed by atoms with E-state index in [4.69, 9.17) is 9.47 Å². The van der Waals surface area contributed by atoms with Crippen molar-refractivity contribution in [3.8, 4) is 5.75 Å². The van der Waals surface area contributed by atoms with Crippen LogP contribution in [0.5, 0.6) is 5.75 Å². The van der Waals surface area contributed by atoms with E-state index in [1.54, 1.807) is 7.11 Å². The molecule has 0 saturated carbocycles. The van der Waals surface area contributed by atoms with Gasteiger partial charge in [0.15, 0.2) is 0 Å². The summed E-state index contributed by atoms with van der Waals surface area (Å²) in [6.45, 7) is 3.97. The molecule has 0 radical (unpaired) electrons. The van der Waals surface area contributed by atoms with Crippen LogP contribution in [0.3, 0.4) is 0 Å². The van der Waals surface area contributed by atoms with Gasteiger partial charge in [-0.15, -0.1) is 0 Å². The van der Waals surface area contributed by atoms with E-state index in [2.05, 4.69) is 18.3 Å². The molecular weight excluding hydrogens is 314 g/mol. The number of hydrogen-bond donors (Lipinski definition) is 1. The van der Waals surface area contributed by atoms with Crippen molar-refractivity contribution < 1.29 is 14.3 Å². The monoisotopic (exact) mass is 341 g/mol. The standard InChI is InChI=1S/C21H27NO3/c1-3-14-25-16-19-7-5-4-6-18(19)15-22-21(23)13-10-17-8-11-20(24-2)12-9-17/h4-9,11-12H,3,10,13-16H2,1-2H3,(H,22,23). The van der Waals surface area contributed by atoms with Crippen LogP contribution < -0.4 is 10.1 Å².